The molecule has 0 aliphatic carbocycles. The number of carbonyl (C=O) groups is 2. The highest BCUT2D eigenvalue weighted by Gasteiger charge is 2.22. The van der Waals surface area contributed by atoms with Gasteiger partial charge in [-0.2, -0.15) is 0 Å². The van der Waals surface area contributed by atoms with E-state index in [4.69, 9.17) is 0 Å². The van der Waals surface area contributed by atoms with Crippen LogP contribution >= 0.6 is 11.8 Å². The number of hydrogen-bond donors (Lipinski definition) is 1. The normalized spacial score (nSPS) is 12.6. The summed E-state index contributed by atoms with van der Waals surface area (Å²) < 4.78 is 1.47. The Hall–Kier alpha value is -2.93. The molecule has 1 amide bonds. The maximum atomic E-state index is 12.9. The third-order valence-electron chi connectivity index (χ3n) is 4.70. The summed E-state index contributed by atoms with van der Waals surface area (Å²) in [7, 11) is 1.66. The molecule has 156 valence electrons. The fraction of sp³-hybridized carbons (Fsp3) is 0.304. The molecule has 0 saturated heterocycles. The Morgan fingerprint density at radius 3 is 2.33 bits per heavy atom. The third-order valence-corrected chi connectivity index (χ3v) is 5.85. The van der Waals surface area contributed by atoms with Crippen molar-refractivity contribution >= 4 is 40.0 Å². The number of benzene rings is 2. The number of carbonyl (C=O) groups excluding carboxylic acids is 2. The van der Waals surface area contributed by atoms with Crippen LogP contribution in [0, 0.1) is 5.41 Å². The fourth-order valence-corrected chi connectivity index (χ4v) is 3.74. The van der Waals surface area contributed by atoms with Gasteiger partial charge in [-0.1, -0.05) is 44.7 Å². The molecule has 6 nitrogen and oxygen atoms in total. The molecule has 30 heavy (non-hydrogen) atoms. The van der Waals surface area contributed by atoms with Crippen molar-refractivity contribution in [3.05, 3.63) is 64.4 Å². The number of aromatic nitrogens is 2. The molecule has 0 radical (unpaired) electrons. The van der Waals surface area contributed by atoms with Crippen LogP contribution in [0.15, 0.2) is 58.5 Å². The first-order valence-electron chi connectivity index (χ1n) is 9.66. The first kappa shape index (κ1) is 21.8. The van der Waals surface area contributed by atoms with E-state index in [1.807, 2.05) is 26.8 Å². The Labute approximate surface area is 179 Å². The number of ketones is 1. The summed E-state index contributed by atoms with van der Waals surface area (Å²) in [5.74, 6) is -0.162. The van der Waals surface area contributed by atoms with Gasteiger partial charge in [0.15, 0.2) is 10.9 Å². The van der Waals surface area contributed by atoms with E-state index in [9.17, 15) is 14.4 Å². The Kier molecular flexibility index (Phi) is 6.12. The molecule has 0 aliphatic heterocycles. The van der Waals surface area contributed by atoms with E-state index in [0.717, 1.165) is 0 Å². The Bertz CT molecular complexity index is 1160. The number of nitrogens with zero attached hydrogens (tertiary/aromatic N) is 2. The second-order valence-electron chi connectivity index (χ2n) is 8.18. The highest BCUT2D eigenvalue weighted by molar-refractivity contribution is 8.00. The molecule has 2 aromatic carbocycles. The number of rotatable bonds is 5. The molecule has 1 heterocycles. The van der Waals surface area contributed by atoms with Crippen LogP contribution in [-0.2, 0) is 11.8 Å². The van der Waals surface area contributed by atoms with Gasteiger partial charge in [0.05, 0.1) is 16.2 Å². The van der Waals surface area contributed by atoms with Gasteiger partial charge in [-0.3, -0.25) is 19.0 Å². The highest BCUT2D eigenvalue weighted by atomic mass is 32.2. The Balaban J connectivity index is 1.76. The van der Waals surface area contributed by atoms with Crippen LogP contribution in [0.25, 0.3) is 10.9 Å². The smallest absolute Gasteiger partial charge is 0.261 e. The lowest BCUT2D eigenvalue weighted by molar-refractivity contribution is -0.123. The van der Waals surface area contributed by atoms with Crippen molar-refractivity contribution in [1.29, 1.82) is 0 Å². The van der Waals surface area contributed by atoms with Crippen LogP contribution in [0.3, 0.4) is 0 Å². The third kappa shape index (κ3) is 4.62. The van der Waals surface area contributed by atoms with Crippen LogP contribution in [0.2, 0.25) is 0 Å². The van der Waals surface area contributed by atoms with E-state index in [0.29, 0.717) is 27.3 Å². The van der Waals surface area contributed by atoms with Crippen LogP contribution in [0.1, 0.15) is 38.1 Å². The Morgan fingerprint density at radius 1 is 1.07 bits per heavy atom. The number of nitrogens with one attached hydrogen (secondary N) is 1. The van der Waals surface area contributed by atoms with Gasteiger partial charge in [-0.05, 0) is 43.3 Å². The zero-order valence-corrected chi connectivity index (χ0v) is 18.5. The second-order valence-corrected chi connectivity index (χ2v) is 9.49. The first-order valence-corrected chi connectivity index (χ1v) is 10.5. The van der Waals surface area contributed by atoms with E-state index in [2.05, 4.69) is 10.3 Å². The van der Waals surface area contributed by atoms with Crippen molar-refractivity contribution in [2.45, 2.75) is 38.1 Å². The summed E-state index contributed by atoms with van der Waals surface area (Å²) in [5, 5.41) is 3.46. The van der Waals surface area contributed by atoms with Crippen LogP contribution < -0.4 is 10.9 Å². The van der Waals surface area contributed by atoms with E-state index in [1.54, 1.807) is 56.4 Å². The molecular formula is C23H25N3O3S. The van der Waals surface area contributed by atoms with Crippen molar-refractivity contribution in [3.63, 3.8) is 0 Å². The molecule has 3 aromatic rings. The minimum Gasteiger partial charge on any atom is -0.326 e. The van der Waals surface area contributed by atoms with Gasteiger partial charge < -0.3 is 5.32 Å². The molecule has 1 unspecified atom stereocenters. The number of Topliss-reactive ketones (excluding diaryl/α,β-unsaturated/α-hetero) is 1. The van der Waals surface area contributed by atoms with Gasteiger partial charge in [-0.15, -0.1) is 0 Å². The van der Waals surface area contributed by atoms with E-state index in [-0.39, 0.29) is 17.2 Å². The van der Waals surface area contributed by atoms with Gasteiger partial charge in [0.25, 0.3) is 5.56 Å². The summed E-state index contributed by atoms with van der Waals surface area (Å²) in [5.41, 5.74) is 1.16. The van der Waals surface area contributed by atoms with Gasteiger partial charge in [-0.25, -0.2) is 4.98 Å². The SMILES string of the molecule is CC(Sc1nc2ccccc2c(=O)n1C)C(=O)c1ccc(NC(=O)C(C)(C)C)cc1. The molecule has 0 bridgehead atoms. The second kappa shape index (κ2) is 8.44. The van der Waals surface area contributed by atoms with Crippen molar-refractivity contribution in [2.24, 2.45) is 12.5 Å². The average Bonchev–Trinajstić information content (AvgIpc) is 2.71. The molecule has 1 aromatic heterocycles. The van der Waals surface area contributed by atoms with E-state index >= 15 is 0 Å². The maximum absolute atomic E-state index is 12.9. The largest absolute Gasteiger partial charge is 0.326 e. The lowest BCUT2D eigenvalue weighted by Crippen LogP contribution is -2.27. The number of anilines is 1. The number of para-hydroxylation sites is 1. The van der Waals surface area contributed by atoms with Crippen molar-refractivity contribution in [2.75, 3.05) is 5.32 Å². The minimum absolute atomic E-state index is 0.0731. The monoisotopic (exact) mass is 423 g/mol. The zero-order chi connectivity index (χ0) is 22.1. The maximum Gasteiger partial charge on any atom is 0.261 e. The highest BCUT2D eigenvalue weighted by Crippen LogP contribution is 2.25. The summed E-state index contributed by atoms with van der Waals surface area (Å²) in [4.78, 5) is 42.1. The average molecular weight is 424 g/mol. The standard InChI is InChI=1S/C23H25N3O3S/c1-14(30-22-25-18-9-7-6-8-17(18)20(28)26(22)5)19(27)15-10-12-16(13-11-15)24-21(29)23(2,3)4/h6-14H,1-5H3,(H,24,29). The quantitative estimate of drug-likeness (QED) is 0.376. The van der Waals surface area contributed by atoms with Crippen molar-refractivity contribution in [1.82, 2.24) is 9.55 Å². The molecule has 1 N–H and O–H groups in total. The molecule has 0 fully saturated rings. The van der Waals surface area contributed by atoms with Crippen LogP contribution in [0.5, 0.6) is 0 Å². The number of amides is 1. The topological polar surface area (TPSA) is 81.1 Å². The van der Waals surface area contributed by atoms with Crippen LogP contribution in [-0.4, -0.2) is 26.5 Å². The predicted molar refractivity (Wildman–Crippen MR) is 121 cm³/mol. The molecular weight excluding hydrogens is 398 g/mol. The molecule has 7 heteroatoms. The summed E-state index contributed by atoms with van der Waals surface area (Å²) in [6, 6.07) is 14.0. The van der Waals surface area contributed by atoms with E-state index < -0.39 is 10.7 Å². The number of hydrogen-bond acceptors (Lipinski definition) is 5. The van der Waals surface area contributed by atoms with Gasteiger partial charge in [0.2, 0.25) is 5.91 Å². The molecule has 0 spiro atoms. The Morgan fingerprint density at radius 2 is 1.70 bits per heavy atom. The van der Waals surface area contributed by atoms with Gasteiger partial charge in [0, 0.05) is 23.7 Å². The van der Waals surface area contributed by atoms with Crippen molar-refractivity contribution in [3.8, 4) is 0 Å². The molecule has 3 rings (SSSR count). The minimum atomic E-state index is -0.498. The fourth-order valence-electron chi connectivity index (χ4n) is 2.79. The van der Waals surface area contributed by atoms with Gasteiger partial charge >= 0.3 is 0 Å². The van der Waals surface area contributed by atoms with Crippen LogP contribution in [0.4, 0.5) is 5.69 Å². The lowest BCUT2D eigenvalue weighted by atomic mass is 9.95. The number of fused-ring (bicyclic) bond motifs is 1. The van der Waals surface area contributed by atoms with Gasteiger partial charge in [0.1, 0.15) is 0 Å². The predicted octanol–water partition coefficient (Wildman–Crippen LogP) is 4.28. The first-order chi connectivity index (χ1) is 14.1. The molecule has 0 saturated carbocycles. The lowest BCUT2D eigenvalue weighted by Gasteiger charge is -2.18. The zero-order valence-electron chi connectivity index (χ0n) is 17.7. The summed E-state index contributed by atoms with van der Waals surface area (Å²) >= 11 is 1.25. The summed E-state index contributed by atoms with van der Waals surface area (Å²) in [6.45, 7) is 7.32. The molecule has 0 aliphatic rings. The van der Waals surface area contributed by atoms with E-state index in [1.165, 1.54) is 16.3 Å². The summed E-state index contributed by atoms with van der Waals surface area (Å²) in [6.07, 6.45) is 0. The van der Waals surface area contributed by atoms with Crippen molar-refractivity contribution < 1.29 is 9.59 Å². The molecule has 1 atom stereocenters. The number of thioether (sulfide) groups is 1.